The lowest BCUT2D eigenvalue weighted by Crippen LogP contribution is -2.61. The smallest absolute Gasteiger partial charge is 0.228 e. The predicted octanol–water partition coefficient (Wildman–Crippen LogP) is 1.58. The molecule has 8 heteroatoms. The number of thiocarbonyl (C=S) groups is 1. The minimum atomic E-state index is -1.01. The first-order valence-corrected chi connectivity index (χ1v) is 11.2. The number of rotatable bonds is 5. The van der Waals surface area contributed by atoms with E-state index in [-0.39, 0.29) is 12.3 Å². The van der Waals surface area contributed by atoms with Gasteiger partial charge in [-0.1, -0.05) is 30.3 Å². The van der Waals surface area contributed by atoms with Gasteiger partial charge in [-0.3, -0.25) is 4.79 Å². The molecule has 4 rings (SSSR count). The molecule has 3 N–H and O–H groups in total. The zero-order chi connectivity index (χ0) is 23.0. The van der Waals surface area contributed by atoms with Gasteiger partial charge >= 0.3 is 0 Å². The van der Waals surface area contributed by atoms with E-state index in [1.165, 1.54) is 0 Å². The van der Waals surface area contributed by atoms with Crippen molar-refractivity contribution in [1.29, 1.82) is 0 Å². The quantitative estimate of drug-likeness (QED) is 0.592. The van der Waals surface area contributed by atoms with Gasteiger partial charge in [-0.05, 0) is 48.5 Å². The Morgan fingerprint density at radius 1 is 1.09 bits per heavy atom. The fraction of sp³-hybridized carbons (Fsp3) is 0.417. The van der Waals surface area contributed by atoms with E-state index < -0.39 is 30.2 Å². The Labute approximate surface area is 194 Å². The summed E-state index contributed by atoms with van der Waals surface area (Å²) in [5.74, 6) is -0.593. The SMILES string of the molecule is CN(Cc1ccccc1)C(=O)[C@@H]1C[C@@H](O)[C@H](O)[C@@H]2NC(=S)N(c3ccc(N(C)C)cc3)[C@@H]21. The number of amides is 1. The molecule has 32 heavy (non-hydrogen) atoms. The Morgan fingerprint density at radius 3 is 2.38 bits per heavy atom. The second-order valence-corrected chi connectivity index (χ2v) is 9.21. The molecule has 1 saturated carbocycles. The molecule has 7 nitrogen and oxygen atoms in total. The van der Waals surface area contributed by atoms with Crippen LogP contribution in [0.5, 0.6) is 0 Å². The number of fused-ring (bicyclic) bond motifs is 1. The first kappa shape index (κ1) is 22.5. The molecule has 2 fully saturated rings. The highest BCUT2D eigenvalue weighted by molar-refractivity contribution is 7.80. The second kappa shape index (κ2) is 9.05. The topological polar surface area (TPSA) is 79.3 Å². The van der Waals surface area contributed by atoms with Gasteiger partial charge in [0.05, 0.1) is 24.1 Å². The molecule has 0 aromatic heterocycles. The lowest BCUT2D eigenvalue weighted by Gasteiger charge is -2.42. The maximum Gasteiger partial charge on any atom is 0.228 e. The second-order valence-electron chi connectivity index (χ2n) is 8.83. The Kier molecular flexibility index (Phi) is 6.37. The highest BCUT2D eigenvalue weighted by atomic mass is 32.1. The zero-order valence-corrected chi connectivity index (χ0v) is 19.4. The third kappa shape index (κ3) is 4.18. The van der Waals surface area contributed by atoms with Gasteiger partial charge in [0.2, 0.25) is 5.91 Å². The van der Waals surface area contributed by atoms with Gasteiger partial charge in [0.25, 0.3) is 0 Å². The summed E-state index contributed by atoms with van der Waals surface area (Å²) in [6, 6.07) is 16.8. The Balaban J connectivity index is 1.63. The number of nitrogens with one attached hydrogen (secondary N) is 1. The Hall–Kier alpha value is -2.68. The molecule has 1 aliphatic carbocycles. The number of aliphatic hydroxyl groups excluding tert-OH is 2. The van der Waals surface area contributed by atoms with Crippen molar-refractivity contribution >= 4 is 34.6 Å². The van der Waals surface area contributed by atoms with Crippen molar-refractivity contribution in [3.05, 3.63) is 60.2 Å². The van der Waals surface area contributed by atoms with Crippen molar-refractivity contribution in [1.82, 2.24) is 10.2 Å². The standard InChI is InChI=1S/C24H30N4O3S/c1-26(2)16-9-11-17(12-10-16)28-21-18(13-19(29)22(30)20(21)25-24(28)32)23(31)27(3)14-15-7-5-4-6-8-15/h4-12,18-22,29-30H,13-14H2,1-3H3,(H,25,32)/t18-,19-,20-,21-,22+/m1/s1. The van der Waals surface area contributed by atoms with Crippen molar-refractivity contribution in [2.24, 2.45) is 5.92 Å². The summed E-state index contributed by atoms with van der Waals surface area (Å²) >= 11 is 5.61. The molecule has 2 aromatic rings. The fourth-order valence-electron chi connectivity index (χ4n) is 4.76. The molecule has 1 amide bonds. The maximum atomic E-state index is 13.6. The summed E-state index contributed by atoms with van der Waals surface area (Å²) in [4.78, 5) is 19.2. The van der Waals surface area contributed by atoms with E-state index in [9.17, 15) is 15.0 Å². The van der Waals surface area contributed by atoms with Crippen LogP contribution in [0.25, 0.3) is 0 Å². The molecule has 0 spiro atoms. The molecular weight excluding hydrogens is 424 g/mol. The van der Waals surface area contributed by atoms with E-state index >= 15 is 0 Å². The third-order valence-corrected chi connectivity index (χ3v) is 6.76. The minimum absolute atomic E-state index is 0.0729. The average Bonchev–Trinajstić information content (AvgIpc) is 3.13. The summed E-state index contributed by atoms with van der Waals surface area (Å²) in [6.45, 7) is 0.474. The largest absolute Gasteiger partial charge is 0.390 e. The number of benzene rings is 2. The molecule has 170 valence electrons. The van der Waals surface area contributed by atoms with Crippen LogP contribution < -0.4 is 15.1 Å². The van der Waals surface area contributed by atoms with E-state index in [0.717, 1.165) is 16.9 Å². The van der Waals surface area contributed by atoms with Crippen LogP contribution in [0.1, 0.15) is 12.0 Å². The lowest BCUT2D eigenvalue weighted by atomic mass is 9.77. The third-order valence-electron chi connectivity index (χ3n) is 6.45. The monoisotopic (exact) mass is 454 g/mol. The van der Waals surface area contributed by atoms with E-state index in [4.69, 9.17) is 12.2 Å². The van der Waals surface area contributed by atoms with Crippen molar-refractivity contribution in [3.8, 4) is 0 Å². The van der Waals surface area contributed by atoms with Crippen LogP contribution >= 0.6 is 12.2 Å². The van der Waals surface area contributed by atoms with Crippen LogP contribution in [0.15, 0.2) is 54.6 Å². The number of nitrogens with zero attached hydrogens (tertiary/aromatic N) is 3. The highest BCUT2D eigenvalue weighted by Crippen LogP contribution is 2.38. The van der Waals surface area contributed by atoms with Gasteiger partial charge in [-0.2, -0.15) is 0 Å². The summed E-state index contributed by atoms with van der Waals surface area (Å²) < 4.78 is 0. The van der Waals surface area contributed by atoms with Gasteiger partial charge in [-0.15, -0.1) is 0 Å². The summed E-state index contributed by atoms with van der Waals surface area (Å²) in [5.41, 5.74) is 2.94. The molecule has 1 saturated heterocycles. The Morgan fingerprint density at radius 2 is 1.75 bits per heavy atom. The number of carbonyl (C=O) groups is 1. The van der Waals surface area contributed by atoms with Crippen LogP contribution in [0.3, 0.4) is 0 Å². The van der Waals surface area contributed by atoms with Gasteiger partial charge in [0.15, 0.2) is 5.11 Å². The Bertz CT molecular complexity index is 969. The van der Waals surface area contributed by atoms with Gasteiger partial charge < -0.3 is 30.2 Å². The number of aliphatic hydroxyl groups is 2. The molecule has 2 aromatic carbocycles. The molecule has 5 atom stereocenters. The summed E-state index contributed by atoms with van der Waals surface area (Å²) in [5, 5.41) is 24.8. The molecule has 0 unspecified atom stereocenters. The molecule has 0 radical (unpaired) electrons. The van der Waals surface area contributed by atoms with Crippen molar-refractivity contribution in [2.45, 2.75) is 37.3 Å². The van der Waals surface area contributed by atoms with Gasteiger partial charge in [0, 0.05) is 39.1 Å². The van der Waals surface area contributed by atoms with Crippen LogP contribution in [0.4, 0.5) is 11.4 Å². The van der Waals surface area contributed by atoms with Crippen LogP contribution in [-0.4, -0.2) is 71.6 Å². The molecule has 2 aliphatic rings. The minimum Gasteiger partial charge on any atom is -0.390 e. The van der Waals surface area contributed by atoms with E-state index in [2.05, 4.69) is 5.32 Å². The average molecular weight is 455 g/mol. The summed E-state index contributed by atoms with van der Waals surface area (Å²) in [7, 11) is 5.73. The number of hydrogen-bond donors (Lipinski definition) is 3. The van der Waals surface area contributed by atoms with Crippen LogP contribution in [-0.2, 0) is 11.3 Å². The molecule has 1 heterocycles. The predicted molar refractivity (Wildman–Crippen MR) is 130 cm³/mol. The van der Waals surface area contributed by atoms with E-state index in [1.807, 2.05) is 78.5 Å². The highest BCUT2D eigenvalue weighted by Gasteiger charge is 2.54. The van der Waals surface area contributed by atoms with Crippen LogP contribution in [0, 0.1) is 5.92 Å². The molecule has 1 aliphatic heterocycles. The first-order chi connectivity index (χ1) is 15.3. The van der Waals surface area contributed by atoms with Crippen molar-refractivity contribution in [3.63, 3.8) is 0 Å². The number of anilines is 2. The summed E-state index contributed by atoms with van der Waals surface area (Å²) in [6.07, 6.45) is -1.83. The van der Waals surface area contributed by atoms with E-state index in [0.29, 0.717) is 11.7 Å². The van der Waals surface area contributed by atoms with E-state index in [1.54, 1.807) is 11.9 Å². The first-order valence-electron chi connectivity index (χ1n) is 10.8. The molecular formula is C24H30N4O3S. The lowest BCUT2D eigenvalue weighted by molar-refractivity contribution is -0.141. The zero-order valence-electron chi connectivity index (χ0n) is 18.5. The van der Waals surface area contributed by atoms with Gasteiger partial charge in [-0.25, -0.2) is 0 Å². The van der Waals surface area contributed by atoms with Crippen LogP contribution in [0.2, 0.25) is 0 Å². The molecule has 0 bridgehead atoms. The maximum absolute atomic E-state index is 13.6. The number of hydrogen-bond acceptors (Lipinski definition) is 5. The van der Waals surface area contributed by atoms with Crippen molar-refractivity contribution in [2.75, 3.05) is 30.9 Å². The normalized spacial score (nSPS) is 27.0. The van der Waals surface area contributed by atoms with Gasteiger partial charge in [0.1, 0.15) is 6.10 Å². The number of carbonyl (C=O) groups excluding carboxylic acids is 1. The fourth-order valence-corrected chi connectivity index (χ4v) is 5.12. The van der Waals surface area contributed by atoms with Crippen molar-refractivity contribution < 1.29 is 15.0 Å².